The van der Waals surface area contributed by atoms with Gasteiger partial charge in [0.05, 0.1) is 6.04 Å². The summed E-state index contributed by atoms with van der Waals surface area (Å²) in [5.74, 6) is -0.232. The summed E-state index contributed by atoms with van der Waals surface area (Å²) in [6.07, 6.45) is 2.88. The van der Waals surface area contributed by atoms with Gasteiger partial charge in [-0.05, 0) is 30.5 Å². The van der Waals surface area contributed by atoms with Gasteiger partial charge in [-0.1, -0.05) is 12.1 Å². The van der Waals surface area contributed by atoms with Crippen molar-refractivity contribution in [1.29, 1.82) is 0 Å². The van der Waals surface area contributed by atoms with Crippen LogP contribution in [0.1, 0.15) is 24.4 Å². The normalized spacial score (nSPS) is 21.2. The number of hydrogen-bond donors (Lipinski definition) is 0. The summed E-state index contributed by atoms with van der Waals surface area (Å²) in [6.45, 7) is 0.811. The van der Waals surface area contributed by atoms with Gasteiger partial charge in [-0.3, -0.25) is 4.79 Å². The fraction of sp³-hybridized carbons (Fsp3) is 0.364. The van der Waals surface area contributed by atoms with Gasteiger partial charge in [0.25, 0.3) is 0 Å². The van der Waals surface area contributed by atoms with Crippen LogP contribution >= 0.6 is 0 Å². The standard InChI is InChI=1S/C11H12FNO/c12-10-5-3-9(4-6-10)11-2-1-7-13(11)8-14/h3-6,8,11H,1-2,7H2. The van der Waals surface area contributed by atoms with E-state index in [-0.39, 0.29) is 11.9 Å². The number of hydrogen-bond acceptors (Lipinski definition) is 1. The number of halogens is 1. The minimum Gasteiger partial charge on any atom is -0.338 e. The van der Waals surface area contributed by atoms with Crippen molar-refractivity contribution in [3.8, 4) is 0 Å². The van der Waals surface area contributed by atoms with Gasteiger partial charge in [-0.15, -0.1) is 0 Å². The van der Waals surface area contributed by atoms with Gasteiger partial charge in [0, 0.05) is 6.54 Å². The molecule has 1 amide bonds. The molecule has 0 N–H and O–H groups in total. The summed E-state index contributed by atoms with van der Waals surface area (Å²) >= 11 is 0. The summed E-state index contributed by atoms with van der Waals surface area (Å²) in [5, 5.41) is 0. The number of nitrogens with zero attached hydrogens (tertiary/aromatic N) is 1. The molecule has 0 radical (unpaired) electrons. The molecule has 14 heavy (non-hydrogen) atoms. The van der Waals surface area contributed by atoms with Crippen LogP contribution in [0.25, 0.3) is 0 Å². The van der Waals surface area contributed by atoms with Gasteiger partial charge >= 0.3 is 0 Å². The Balaban J connectivity index is 2.21. The van der Waals surface area contributed by atoms with Crippen LogP contribution in [0.2, 0.25) is 0 Å². The van der Waals surface area contributed by atoms with Crippen molar-refractivity contribution >= 4 is 6.41 Å². The molecule has 74 valence electrons. The van der Waals surface area contributed by atoms with E-state index in [1.54, 1.807) is 17.0 Å². The molecular formula is C11H12FNO. The third-order valence-corrected chi connectivity index (χ3v) is 2.68. The SMILES string of the molecule is O=CN1CCCC1c1ccc(F)cc1. The van der Waals surface area contributed by atoms with Crippen molar-refractivity contribution in [2.24, 2.45) is 0 Å². The predicted octanol–water partition coefficient (Wildman–Crippen LogP) is 2.12. The number of rotatable bonds is 2. The van der Waals surface area contributed by atoms with Gasteiger partial charge < -0.3 is 4.90 Å². The fourth-order valence-corrected chi connectivity index (χ4v) is 1.96. The second kappa shape index (κ2) is 3.78. The molecule has 0 aromatic heterocycles. The third kappa shape index (κ3) is 1.62. The van der Waals surface area contributed by atoms with E-state index in [4.69, 9.17) is 0 Å². The molecule has 1 aliphatic rings. The molecule has 0 aliphatic carbocycles. The molecular weight excluding hydrogens is 181 g/mol. The molecule has 1 aliphatic heterocycles. The number of likely N-dealkylation sites (tertiary alicyclic amines) is 1. The van der Waals surface area contributed by atoms with Gasteiger partial charge in [0.2, 0.25) is 6.41 Å². The summed E-state index contributed by atoms with van der Waals surface area (Å²) in [4.78, 5) is 12.5. The predicted molar refractivity (Wildman–Crippen MR) is 51.1 cm³/mol. The molecule has 3 heteroatoms. The summed E-state index contributed by atoms with van der Waals surface area (Å²) in [5.41, 5.74) is 1.02. The molecule has 2 nitrogen and oxygen atoms in total. The molecule has 1 atom stereocenters. The van der Waals surface area contributed by atoms with Crippen molar-refractivity contribution in [1.82, 2.24) is 4.90 Å². The zero-order valence-electron chi connectivity index (χ0n) is 7.82. The molecule has 1 saturated heterocycles. The Kier molecular flexibility index (Phi) is 2.48. The highest BCUT2D eigenvalue weighted by Gasteiger charge is 2.24. The van der Waals surface area contributed by atoms with E-state index >= 15 is 0 Å². The van der Waals surface area contributed by atoms with Crippen LogP contribution in [-0.2, 0) is 4.79 Å². The maximum Gasteiger partial charge on any atom is 0.210 e. The van der Waals surface area contributed by atoms with E-state index in [1.807, 2.05) is 0 Å². The molecule has 1 unspecified atom stereocenters. The third-order valence-electron chi connectivity index (χ3n) is 2.68. The number of carbonyl (C=O) groups is 1. The molecule has 0 bridgehead atoms. The molecule has 1 aromatic carbocycles. The second-order valence-corrected chi connectivity index (χ2v) is 3.55. The zero-order chi connectivity index (χ0) is 9.97. The topological polar surface area (TPSA) is 20.3 Å². The van der Waals surface area contributed by atoms with Crippen molar-refractivity contribution in [2.45, 2.75) is 18.9 Å². The van der Waals surface area contributed by atoms with Gasteiger partial charge in [-0.25, -0.2) is 4.39 Å². The van der Waals surface area contributed by atoms with Crippen LogP contribution in [0.4, 0.5) is 4.39 Å². The molecule has 1 aromatic rings. The summed E-state index contributed by atoms with van der Waals surface area (Å²) < 4.78 is 12.7. The Labute approximate surface area is 82.3 Å². The van der Waals surface area contributed by atoms with Crippen LogP contribution in [0.15, 0.2) is 24.3 Å². The van der Waals surface area contributed by atoms with Crippen molar-refractivity contribution in [3.63, 3.8) is 0 Å². The lowest BCUT2D eigenvalue weighted by Gasteiger charge is -2.19. The maximum absolute atomic E-state index is 12.7. The highest BCUT2D eigenvalue weighted by atomic mass is 19.1. The van der Waals surface area contributed by atoms with Crippen LogP contribution in [0.5, 0.6) is 0 Å². The average molecular weight is 193 g/mol. The molecule has 0 spiro atoms. The van der Waals surface area contributed by atoms with E-state index in [0.717, 1.165) is 31.4 Å². The first-order valence-electron chi connectivity index (χ1n) is 4.78. The lowest BCUT2D eigenvalue weighted by atomic mass is 10.1. The monoisotopic (exact) mass is 193 g/mol. The Hall–Kier alpha value is -1.38. The largest absolute Gasteiger partial charge is 0.338 e. The molecule has 0 saturated carbocycles. The smallest absolute Gasteiger partial charge is 0.210 e. The van der Waals surface area contributed by atoms with Crippen LogP contribution < -0.4 is 0 Å². The van der Waals surface area contributed by atoms with E-state index in [0.29, 0.717) is 0 Å². The summed E-state index contributed by atoms with van der Waals surface area (Å²) in [6, 6.07) is 6.53. The number of benzene rings is 1. The number of carbonyl (C=O) groups excluding carboxylic acids is 1. The Morgan fingerprint density at radius 3 is 2.71 bits per heavy atom. The average Bonchev–Trinajstić information content (AvgIpc) is 2.67. The maximum atomic E-state index is 12.7. The fourth-order valence-electron chi connectivity index (χ4n) is 1.96. The summed E-state index contributed by atoms with van der Waals surface area (Å²) in [7, 11) is 0. The van der Waals surface area contributed by atoms with Crippen molar-refractivity contribution in [3.05, 3.63) is 35.6 Å². The van der Waals surface area contributed by atoms with E-state index in [1.165, 1.54) is 12.1 Å². The van der Waals surface area contributed by atoms with Gasteiger partial charge in [0.1, 0.15) is 5.82 Å². The van der Waals surface area contributed by atoms with E-state index < -0.39 is 0 Å². The minimum atomic E-state index is -0.232. The quantitative estimate of drug-likeness (QED) is 0.659. The van der Waals surface area contributed by atoms with Crippen molar-refractivity contribution in [2.75, 3.05) is 6.54 Å². The molecule has 1 fully saturated rings. The highest BCUT2D eigenvalue weighted by Crippen LogP contribution is 2.30. The van der Waals surface area contributed by atoms with Crippen molar-refractivity contribution < 1.29 is 9.18 Å². The lowest BCUT2D eigenvalue weighted by molar-refractivity contribution is -0.118. The van der Waals surface area contributed by atoms with Gasteiger partial charge in [0.15, 0.2) is 0 Å². The zero-order valence-corrected chi connectivity index (χ0v) is 7.82. The second-order valence-electron chi connectivity index (χ2n) is 3.55. The van der Waals surface area contributed by atoms with E-state index in [2.05, 4.69) is 0 Å². The lowest BCUT2D eigenvalue weighted by Crippen LogP contribution is -2.20. The van der Waals surface area contributed by atoms with E-state index in [9.17, 15) is 9.18 Å². The molecule has 2 rings (SSSR count). The first-order chi connectivity index (χ1) is 6.81. The van der Waals surface area contributed by atoms with Crippen LogP contribution in [-0.4, -0.2) is 17.9 Å². The Morgan fingerprint density at radius 2 is 2.07 bits per heavy atom. The molecule has 1 heterocycles. The van der Waals surface area contributed by atoms with Gasteiger partial charge in [-0.2, -0.15) is 0 Å². The van der Waals surface area contributed by atoms with Crippen LogP contribution in [0.3, 0.4) is 0 Å². The minimum absolute atomic E-state index is 0.146. The Morgan fingerprint density at radius 1 is 1.36 bits per heavy atom. The highest BCUT2D eigenvalue weighted by molar-refractivity contribution is 5.49. The first-order valence-corrected chi connectivity index (χ1v) is 4.78. The van der Waals surface area contributed by atoms with Crippen LogP contribution in [0, 0.1) is 5.82 Å². The first kappa shape index (κ1) is 9.19. The number of amides is 1. The Bertz CT molecular complexity index is 323.